The molecule has 0 saturated heterocycles. The van der Waals surface area contributed by atoms with Crippen LogP contribution in [0.15, 0.2) is 54.6 Å². The zero-order valence-electron chi connectivity index (χ0n) is 17.1. The number of ketones is 1. The summed E-state index contributed by atoms with van der Waals surface area (Å²) in [6.45, 7) is 3.88. The number of aromatic nitrogens is 1. The second kappa shape index (κ2) is 7.13. The van der Waals surface area contributed by atoms with Gasteiger partial charge in [-0.15, -0.1) is 11.6 Å². The molecule has 3 aromatic carbocycles. The SMILES string of the molecule is CC(=O)c1ccc2[nH]c(C(=O)N3C[C@@H]([C@@H](C)Cl)c4c3cc(O)c3ccccc43)cc2c1. The molecular formula is C25H21ClN2O3. The summed E-state index contributed by atoms with van der Waals surface area (Å²) < 4.78 is 0. The van der Waals surface area contributed by atoms with Gasteiger partial charge in [-0.25, -0.2) is 0 Å². The molecule has 0 radical (unpaired) electrons. The smallest absolute Gasteiger partial charge is 0.274 e. The zero-order valence-corrected chi connectivity index (χ0v) is 17.9. The Bertz CT molecular complexity index is 1370. The van der Waals surface area contributed by atoms with E-state index in [-0.39, 0.29) is 28.7 Å². The second-order valence-electron chi connectivity index (χ2n) is 8.12. The Balaban J connectivity index is 1.63. The summed E-state index contributed by atoms with van der Waals surface area (Å²) in [4.78, 5) is 30.1. The number of halogens is 1. The van der Waals surface area contributed by atoms with Crippen molar-refractivity contribution in [3.63, 3.8) is 0 Å². The van der Waals surface area contributed by atoms with Crippen LogP contribution in [-0.2, 0) is 0 Å². The van der Waals surface area contributed by atoms with Crippen molar-refractivity contribution in [2.45, 2.75) is 25.1 Å². The Hall–Kier alpha value is -3.31. The van der Waals surface area contributed by atoms with Crippen molar-refractivity contribution in [3.8, 4) is 5.75 Å². The van der Waals surface area contributed by atoms with Crippen LogP contribution in [0.25, 0.3) is 21.7 Å². The Labute approximate surface area is 184 Å². The van der Waals surface area contributed by atoms with Crippen LogP contribution in [0.3, 0.4) is 0 Å². The normalized spacial score (nSPS) is 16.6. The second-order valence-corrected chi connectivity index (χ2v) is 8.80. The molecule has 0 aliphatic carbocycles. The number of carbonyl (C=O) groups is 2. The largest absolute Gasteiger partial charge is 0.507 e. The molecule has 5 rings (SSSR count). The standard InChI is InChI=1S/C25H21ClN2O3/c1-13(26)19-12-28(22-11-23(30)17-5-3-4-6-18(17)24(19)22)25(31)21-10-16-9-15(14(2)29)7-8-20(16)27-21/h3-11,13,19,27,30H,12H2,1-2H3/t13-,19+/m1/s1. The van der Waals surface area contributed by atoms with Gasteiger partial charge in [-0.2, -0.15) is 0 Å². The molecule has 0 saturated carbocycles. The number of phenolic OH excluding ortho intramolecular Hbond substituents is 1. The lowest BCUT2D eigenvalue weighted by Gasteiger charge is -2.18. The molecule has 5 nitrogen and oxygen atoms in total. The van der Waals surface area contributed by atoms with Crippen LogP contribution in [0, 0.1) is 0 Å². The van der Waals surface area contributed by atoms with Crippen molar-refractivity contribution in [3.05, 3.63) is 71.4 Å². The molecule has 4 aromatic rings. The van der Waals surface area contributed by atoms with Gasteiger partial charge in [0, 0.05) is 45.8 Å². The minimum Gasteiger partial charge on any atom is -0.507 e. The van der Waals surface area contributed by atoms with Gasteiger partial charge in [0.1, 0.15) is 11.4 Å². The van der Waals surface area contributed by atoms with Crippen LogP contribution >= 0.6 is 11.6 Å². The van der Waals surface area contributed by atoms with E-state index < -0.39 is 0 Å². The van der Waals surface area contributed by atoms with Gasteiger partial charge in [-0.3, -0.25) is 9.59 Å². The molecule has 0 fully saturated rings. The topological polar surface area (TPSA) is 73.4 Å². The van der Waals surface area contributed by atoms with E-state index in [1.807, 2.05) is 37.3 Å². The summed E-state index contributed by atoms with van der Waals surface area (Å²) in [6.07, 6.45) is 0. The Kier molecular flexibility index (Phi) is 4.52. The van der Waals surface area contributed by atoms with Crippen LogP contribution < -0.4 is 4.90 Å². The Morgan fingerprint density at radius 3 is 2.58 bits per heavy atom. The number of fused-ring (bicyclic) bond motifs is 4. The van der Waals surface area contributed by atoms with Gasteiger partial charge in [0.2, 0.25) is 0 Å². The van der Waals surface area contributed by atoms with E-state index in [1.54, 1.807) is 29.2 Å². The van der Waals surface area contributed by atoms with Crippen LogP contribution in [-0.4, -0.2) is 33.7 Å². The number of aromatic hydroxyl groups is 1. The molecule has 2 heterocycles. The lowest BCUT2D eigenvalue weighted by molar-refractivity contribution is 0.0982. The van der Waals surface area contributed by atoms with Crippen LogP contribution in [0.1, 0.15) is 46.2 Å². The molecule has 1 aliphatic heterocycles. The van der Waals surface area contributed by atoms with Crippen LogP contribution in [0.2, 0.25) is 0 Å². The van der Waals surface area contributed by atoms with E-state index in [0.717, 1.165) is 27.2 Å². The number of hydrogen-bond acceptors (Lipinski definition) is 3. The number of rotatable bonds is 3. The molecule has 6 heteroatoms. The van der Waals surface area contributed by atoms with Crippen molar-refractivity contribution in [1.29, 1.82) is 0 Å². The van der Waals surface area contributed by atoms with E-state index >= 15 is 0 Å². The fourth-order valence-electron chi connectivity index (χ4n) is 4.54. The van der Waals surface area contributed by atoms with Crippen molar-refractivity contribution < 1.29 is 14.7 Å². The summed E-state index contributed by atoms with van der Waals surface area (Å²) in [5.74, 6) is -0.139. The highest BCUT2D eigenvalue weighted by Gasteiger charge is 2.37. The van der Waals surface area contributed by atoms with Crippen molar-refractivity contribution in [1.82, 2.24) is 4.98 Å². The number of phenols is 1. The first-order valence-electron chi connectivity index (χ1n) is 10.2. The van der Waals surface area contributed by atoms with Gasteiger partial charge in [-0.05, 0) is 49.1 Å². The van der Waals surface area contributed by atoms with Gasteiger partial charge in [-0.1, -0.05) is 24.3 Å². The Morgan fingerprint density at radius 1 is 1.13 bits per heavy atom. The number of Topliss-reactive ketones (excluding diaryl/α,β-unsaturated/α-hetero) is 1. The molecule has 0 unspecified atom stereocenters. The number of hydrogen-bond donors (Lipinski definition) is 2. The lowest BCUT2D eigenvalue weighted by Crippen LogP contribution is -2.31. The first kappa shape index (κ1) is 19.6. The molecule has 2 N–H and O–H groups in total. The highest BCUT2D eigenvalue weighted by Crippen LogP contribution is 2.47. The molecule has 1 amide bonds. The molecule has 1 aliphatic rings. The molecule has 0 bridgehead atoms. The molecule has 1 aromatic heterocycles. The number of H-pyrrole nitrogens is 1. The van der Waals surface area contributed by atoms with Crippen LogP contribution in [0.5, 0.6) is 5.75 Å². The maximum Gasteiger partial charge on any atom is 0.274 e. The minimum atomic E-state index is -0.198. The number of nitrogens with one attached hydrogen (secondary N) is 1. The average molecular weight is 433 g/mol. The van der Waals surface area contributed by atoms with E-state index in [9.17, 15) is 14.7 Å². The third kappa shape index (κ3) is 3.08. The fourth-order valence-corrected chi connectivity index (χ4v) is 4.75. The maximum atomic E-state index is 13.5. The molecular weight excluding hydrogens is 412 g/mol. The number of benzene rings is 3. The van der Waals surface area contributed by atoms with E-state index in [2.05, 4.69) is 4.98 Å². The minimum absolute atomic E-state index is 0.0225. The molecule has 156 valence electrons. The van der Waals surface area contributed by atoms with Crippen LogP contribution in [0.4, 0.5) is 5.69 Å². The third-order valence-electron chi connectivity index (χ3n) is 6.14. The van der Waals surface area contributed by atoms with Crippen molar-refractivity contribution in [2.75, 3.05) is 11.4 Å². The van der Waals surface area contributed by atoms with E-state index in [4.69, 9.17) is 11.6 Å². The van der Waals surface area contributed by atoms with Crippen molar-refractivity contribution >= 4 is 50.7 Å². The molecule has 31 heavy (non-hydrogen) atoms. The Morgan fingerprint density at radius 2 is 1.87 bits per heavy atom. The predicted molar refractivity (Wildman–Crippen MR) is 124 cm³/mol. The number of alkyl halides is 1. The summed E-state index contributed by atoms with van der Waals surface area (Å²) in [5, 5.41) is 12.9. The molecule has 0 spiro atoms. The monoisotopic (exact) mass is 432 g/mol. The summed E-state index contributed by atoms with van der Waals surface area (Å²) >= 11 is 6.54. The summed E-state index contributed by atoms with van der Waals surface area (Å²) in [7, 11) is 0. The number of anilines is 1. The lowest BCUT2D eigenvalue weighted by atomic mass is 9.92. The zero-order chi connectivity index (χ0) is 21.9. The first-order chi connectivity index (χ1) is 14.8. The fraction of sp³-hybridized carbons (Fsp3) is 0.200. The number of carbonyl (C=O) groups excluding carboxylic acids is 2. The van der Waals surface area contributed by atoms with Gasteiger partial charge in [0.25, 0.3) is 5.91 Å². The first-order valence-corrected chi connectivity index (χ1v) is 10.6. The van der Waals surface area contributed by atoms with E-state index in [1.165, 1.54) is 6.92 Å². The quantitative estimate of drug-likeness (QED) is 0.327. The maximum absolute atomic E-state index is 13.5. The van der Waals surface area contributed by atoms with Gasteiger partial charge < -0.3 is 15.0 Å². The van der Waals surface area contributed by atoms with Gasteiger partial charge in [0.05, 0.1) is 5.69 Å². The highest BCUT2D eigenvalue weighted by atomic mass is 35.5. The van der Waals surface area contributed by atoms with Crippen molar-refractivity contribution in [2.24, 2.45) is 0 Å². The number of amides is 1. The third-order valence-corrected chi connectivity index (χ3v) is 6.44. The average Bonchev–Trinajstić information content (AvgIpc) is 3.34. The number of nitrogens with zero attached hydrogens (tertiary/aromatic N) is 1. The summed E-state index contributed by atoms with van der Waals surface area (Å²) in [5.41, 5.74) is 3.49. The highest BCUT2D eigenvalue weighted by molar-refractivity contribution is 6.22. The predicted octanol–water partition coefficient (Wildman–Crippen LogP) is 5.60. The van der Waals surface area contributed by atoms with Gasteiger partial charge in [0.15, 0.2) is 5.78 Å². The number of aromatic amines is 1. The van der Waals surface area contributed by atoms with Gasteiger partial charge >= 0.3 is 0 Å². The summed E-state index contributed by atoms with van der Waals surface area (Å²) in [6, 6.07) is 16.4. The molecule has 2 atom stereocenters. The van der Waals surface area contributed by atoms with E-state index in [0.29, 0.717) is 23.5 Å².